The highest BCUT2D eigenvalue weighted by atomic mass is 32.1. The molecule has 17 heavy (non-hydrogen) atoms. The van der Waals surface area contributed by atoms with Crippen molar-refractivity contribution in [2.75, 3.05) is 26.2 Å². The molecule has 1 aromatic heterocycles. The second kappa shape index (κ2) is 5.98. The van der Waals surface area contributed by atoms with Gasteiger partial charge in [-0.1, -0.05) is 6.92 Å². The van der Waals surface area contributed by atoms with Crippen LogP contribution in [0.4, 0.5) is 0 Å². The lowest BCUT2D eigenvalue weighted by Crippen LogP contribution is -2.28. The molecule has 1 aliphatic heterocycles. The highest BCUT2D eigenvalue weighted by Crippen LogP contribution is 2.24. The maximum absolute atomic E-state index is 3.70. The quantitative estimate of drug-likeness (QED) is 0.866. The maximum Gasteiger partial charge on any atom is 0.0388 e. The summed E-state index contributed by atoms with van der Waals surface area (Å²) in [6, 6.07) is 2.72. The summed E-state index contributed by atoms with van der Waals surface area (Å²) >= 11 is 1.87. The van der Waals surface area contributed by atoms with E-state index >= 15 is 0 Å². The maximum atomic E-state index is 3.70. The number of nitrogens with one attached hydrogen (secondary N) is 1. The first kappa shape index (κ1) is 13.1. The Bertz CT molecular complexity index is 348. The Morgan fingerprint density at radius 2 is 2.41 bits per heavy atom. The minimum atomic E-state index is 0.505. The van der Waals surface area contributed by atoms with E-state index in [9.17, 15) is 0 Å². The average molecular weight is 252 g/mol. The highest BCUT2D eigenvalue weighted by molar-refractivity contribution is 7.10. The number of likely N-dealkylation sites (tertiary alicyclic amines) is 1. The smallest absolute Gasteiger partial charge is 0.0388 e. The first-order valence-corrected chi connectivity index (χ1v) is 7.58. The third-order valence-corrected chi connectivity index (χ3v) is 5.03. The second-order valence-electron chi connectivity index (χ2n) is 5.15. The molecule has 0 aliphatic carbocycles. The van der Waals surface area contributed by atoms with Crippen molar-refractivity contribution in [2.45, 2.75) is 33.2 Å². The molecule has 2 nitrogen and oxygen atoms in total. The predicted molar refractivity (Wildman–Crippen MR) is 75.7 cm³/mol. The Labute approximate surface area is 109 Å². The molecule has 2 heterocycles. The Kier molecular flexibility index (Phi) is 4.60. The Morgan fingerprint density at radius 3 is 3.00 bits per heavy atom. The van der Waals surface area contributed by atoms with Crippen LogP contribution in [0.25, 0.3) is 0 Å². The number of hydrogen-bond donors (Lipinski definition) is 1. The van der Waals surface area contributed by atoms with Crippen LogP contribution in [-0.4, -0.2) is 31.1 Å². The van der Waals surface area contributed by atoms with Crippen molar-refractivity contribution in [3.63, 3.8) is 0 Å². The molecular formula is C14H24N2S. The van der Waals surface area contributed by atoms with Gasteiger partial charge in [-0.3, -0.25) is 0 Å². The van der Waals surface area contributed by atoms with Crippen LogP contribution in [0.1, 0.15) is 36.8 Å². The molecule has 2 atom stereocenters. The van der Waals surface area contributed by atoms with E-state index in [1.807, 2.05) is 11.3 Å². The van der Waals surface area contributed by atoms with Crippen LogP contribution in [0.3, 0.4) is 0 Å². The molecule has 0 aromatic carbocycles. The zero-order valence-electron chi connectivity index (χ0n) is 11.2. The van der Waals surface area contributed by atoms with Crippen molar-refractivity contribution in [1.29, 1.82) is 0 Å². The monoisotopic (exact) mass is 252 g/mol. The van der Waals surface area contributed by atoms with Crippen molar-refractivity contribution in [2.24, 2.45) is 5.92 Å². The zero-order chi connectivity index (χ0) is 12.3. The number of aryl methyl sites for hydroxylation is 1. The van der Waals surface area contributed by atoms with Gasteiger partial charge in [0, 0.05) is 17.5 Å². The Hall–Kier alpha value is -0.380. The molecule has 0 saturated carbocycles. The molecule has 1 saturated heterocycles. The minimum Gasteiger partial charge on any atom is -0.309 e. The molecule has 0 bridgehead atoms. The summed E-state index contributed by atoms with van der Waals surface area (Å²) in [4.78, 5) is 4.04. The summed E-state index contributed by atoms with van der Waals surface area (Å²) in [5, 5.41) is 5.89. The zero-order valence-corrected chi connectivity index (χ0v) is 12.0. The van der Waals surface area contributed by atoms with Crippen molar-refractivity contribution < 1.29 is 0 Å². The highest BCUT2D eigenvalue weighted by Gasteiger charge is 2.21. The first-order valence-electron chi connectivity index (χ1n) is 6.70. The van der Waals surface area contributed by atoms with Crippen LogP contribution < -0.4 is 5.32 Å². The topological polar surface area (TPSA) is 15.3 Å². The molecule has 96 valence electrons. The lowest BCUT2D eigenvalue weighted by atomic mass is 10.1. The van der Waals surface area contributed by atoms with Crippen molar-refractivity contribution in [1.82, 2.24) is 10.2 Å². The van der Waals surface area contributed by atoms with E-state index in [4.69, 9.17) is 0 Å². The lowest BCUT2D eigenvalue weighted by molar-refractivity contribution is 0.336. The van der Waals surface area contributed by atoms with Gasteiger partial charge in [-0.05, 0) is 62.8 Å². The number of thiophene rings is 1. The fraction of sp³-hybridized carbons (Fsp3) is 0.714. The standard InChI is InChI=1S/C14H24N2S/c1-4-16-7-5-13(10-16)9-15-12(3)14-11(2)6-8-17-14/h6,8,12-13,15H,4-5,7,9-10H2,1-3H3. The molecule has 0 radical (unpaired) electrons. The molecular weight excluding hydrogens is 228 g/mol. The minimum absolute atomic E-state index is 0.505. The lowest BCUT2D eigenvalue weighted by Gasteiger charge is -2.17. The number of rotatable bonds is 5. The van der Waals surface area contributed by atoms with Gasteiger partial charge in [0.15, 0.2) is 0 Å². The molecule has 1 fully saturated rings. The fourth-order valence-corrected chi connectivity index (χ4v) is 3.59. The molecule has 3 heteroatoms. The van der Waals surface area contributed by atoms with E-state index in [1.54, 1.807) is 0 Å². The predicted octanol–water partition coefficient (Wildman–Crippen LogP) is 3.05. The summed E-state index contributed by atoms with van der Waals surface area (Å²) in [5.41, 5.74) is 1.43. The second-order valence-corrected chi connectivity index (χ2v) is 6.09. The SMILES string of the molecule is CCN1CCC(CNC(C)c2sccc2C)C1. The summed E-state index contributed by atoms with van der Waals surface area (Å²) in [6.07, 6.45) is 1.36. The molecule has 1 N–H and O–H groups in total. The van der Waals surface area contributed by atoms with Crippen LogP contribution in [0, 0.1) is 12.8 Å². The van der Waals surface area contributed by atoms with Crippen LogP contribution in [0.5, 0.6) is 0 Å². The van der Waals surface area contributed by atoms with Gasteiger partial charge in [-0.25, -0.2) is 0 Å². The molecule has 1 aliphatic rings. The van der Waals surface area contributed by atoms with Crippen LogP contribution in [-0.2, 0) is 0 Å². The van der Waals surface area contributed by atoms with E-state index in [1.165, 1.54) is 36.5 Å². The van der Waals surface area contributed by atoms with E-state index in [2.05, 4.69) is 42.4 Å². The van der Waals surface area contributed by atoms with Gasteiger partial charge < -0.3 is 10.2 Å². The van der Waals surface area contributed by atoms with Gasteiger partial charge in [0.2, 0.25) is 0 Å². The summed E-state index contributed by atoms with van der Waals surface area (Å²) in [7, 11) is 0. The van der Waals surface area contributed by atoms with E-state index in [0.717, 1.165) is 12.5 Å². The number of hydrogen-bond acceptors (Lipinski definition) is 3. The Balaban J connectivity index is 1.77. The third-order valence-electron chi connectivity index (χ3n) is 3.82. The molecule has 1 aromatic rings. The first-order chi connectivity index (χ1) is 8.20. The van der Waals surface area contributed by atoms with Gasteiger partial charge in [0.25, 0.3) is 0 Å². The van der Waals surface area contributed by atoms with Gasteiger partial charge >= 0.3 is 0 Å². The molecule has 2 rings (SSSR count). The third kappa shape index (κ3) is 3.30. The largest absolute Gasteiger partial charge is 0.309 e. The molecule has 2 unspecified atom stereocenters. The van der Waals surface area contributed by atoms with Gasteiger partial charge in [0.1, 0.15) is 0 Å². The molecule has 0 amide bonds. The van der Waals surface area contributed by atoms with Crippen LogP contribution >= 0.6 is 11.3 Å². The Morgan fingerprint density at radius 1 is 1.59 bits per heavy atom. The summed E-state index contributed by atoms with van der Waals surface area (Å²) in [6.45, 7) is 11.7. The van der Waals surface area contributed by atoms with Crippen molar-refractivity contribution in [3.05, 3.63) is 21.9 Å². The van der Waals surface area contributed by atoms with Gasteiger partial charge in [-0.15, -0.1) is 11.3 Å². The van der Waals surface area contributed by atoms with E-state index in [-0.39, 0.29) is 0 Å². The summed E-state index contributed by atoms with van der Waals surface area (Å²) < 4.78 is 0. The van der Waals surface area contributed by atoms with Crippen molar-refractivity contribution in [3.8, 4) is 0 Å². The van der Waals surface area contributed by atoms with Gasteiger partial charge in [-0.2, -0.15) is 0 Å². The van der Waals surface area contributed by atoms with Crippen LogP contribution in [0.2, 0.25) is 0 Å². The normalized spacial score (nSPS) is 23.1. The average Bonchev–Trinajstić information content (AvgIpc) is 2.94. The van der Waals surface area contributed by atoms with Crippen LogP contribution in [0.15, 0.2) is 11.4 Å². The van der Waals surface area contributed by atoms with E-state index in [0.29, 0.717) is 6.04 Å². The van der Waals surface area contributed by atoms with Gasteiger partial charge in [0.05, 0.1) is 0 Å². The van der Waals surface area contributed by atoms with E-state index < -0.39 is 0 Å². The number of nitrogens with zero attached hydrogens (tertiary/aromatic N) is 1. The fourth-order valence-electron chi connectivity index (χ4n) is 2.63. The summed E-state index contributed by atoms with van der Waals surface area (Å²) in [5.74, 6) is 0.845. The van der Waals surface area contributed by atoms with Crippen molar-refractivity contribution >= 4 is 11.3 Å². The molecule has 0 spiro atoms.